The highest BCUT2D eigenvalue weighted by Crippen LogP contribution is 2.36. The van der Waals surface area contributed by atoms with E-state index in [0.717, 1.165) is 81.3 Å². The molecular weight excluding hydrogens is 464 g/mol. The Balaban J connectivity index is 1.51. The Hall–Kier alpha value is -2.46. The van der Waals surface area contributed by atoms with Gasteiger partial charge in [-0.3, -0.25) is 5.32 Å². The van der Waals surface area contributed by atoms with Crippen LogP contribution >= 0.6 is 11.3 Å². The predicted octanol–water partition coefficient (Wildman–Crippen LogP) is 4.37. The van der Waals surface area contributed by atoms with Crippen LogP contribution in [0, 0.1) is 12.8 Å². The SMILES string of the molecule is Cc1nc(Nc2nc(N3CCC(O)CC3)c3c(n2)N(CC2CCCCC2)CCCC3)sc1C(=O)O. The number of rotatable bonds is 6. The normalized spacial score (nSPS) is 19.9. The fourth-order valence-corrected chi connectivity index (χ4v) is 6.45. The van der Waals surface area contributed by atoms with Gasteiger partial charge in [0.25, 0.3) is 0 Å². The van der Waals surface area contributed by atoms with Gasteiger partial charge in [-0.05, 0) is 57.8 Å². The maximum absolute atomic E-state index is 11.5. The number of fused-ring (bicyclic) bond motifs is 1. The van der Waals surface area contributed by atoms with E-state index < -0.39 is 5.97 Å². The number of aromatic carboxylic acids is 1. The minimum Gasteiger partial charge on any atom is -0.477 e. The van der Waals surface area contributed by atoms with Crippen LogP contribution in [-0.4, -0.2) is 63.4 Å². The van der Waals surface area contributed by atoms with Crippen molar-refractivity contribution in [2.24, 2.45) is 5.92 Å². The summed E-state index contributed by atoms with van der Waals surface area (Å²) in [4.78, 5) is 30.9. The summed E-state index contributed by atoms with van der Waals surface area (Å²) >= 11 is 1.11. The molecule has 0 atom stereocenters. The van der Waals surface area contributed by atoms with Gasteiger partial charge < -0.3 is 20.0 Å². The molecule has 2 aliphatic heterocycles. The van der Waals surface area contributed by atoms with E-state index in [1.807, 2.05) is 0 Å². The summed E-state index contributed by atoms with van der Waals surface area (Å²) in [6.45, 7) is 5.27. The Morgan fingerprint density at radius 2 is 1.74 bits per heavy atom. The lowest BCUT2D eigenvalue weighted by Gasteiger charge is -2.34. The number of nitrogens with one attached hydrogen (secondary N) is 1. The van der Waals surface area contributed by atoms with E-state index >= 15 is 0 Å². The van der Waals surface area contributed by atoms with Crippen molar-refractivity contribution in [3.8, 4) is 0 Å². The molecule has 2 fully saturated rings. The third kappa shape index (κ3) is 5.53. The van der Waals surface area contributed by atoms with E-state index in [9.17, 15) is 15.0 Å². The predicted molar refractivity (Wildman–Crippen MR) is 138 cm³/mol. The Morgan fingerprint density at radius 3 is 2.46 bits per heavy atom. The smallest absolute Gasteiger partial charge is 0.347 e. The number of hydrogen-bond donors (Lipinski definition) is 3. The Bertz CT molecular complexity index is 1050. The highest BCUT2D eigenvalue weighted by molar-refractivity contribution is 7.17. The van der Waals surface area contributed by atoms with Gasteiger partial charge >= 0.3 is 5.97 Å². The third-order valence-electron chi connectivity index (χ3n) is 7.54. The van der Waals surface area contributed by atoms with Crippen LogP contribution < -0.4 is 15.1 Å². The molecule has 0 aromatic carbocycles. The van der Waals surface area contributed by atoms with Crippen molar-refractivity contribution in [2.45, 2.75) is 77.2 Å². The lowest BCUT2D eigenvalue weighted by molar-refractivity contribution is 0.0701. The average Bonchev–Trinajstić information content (AvgIpc) is 3.10. The van der Waals surface area contributed by atoms with Crippen LogP contribution in [0.1, 0.15) is 78.7 Å². The van der Waals surface area contributed by atoms with E-state index in [-0.39, 0.29) is 11.0 Å². The summed E-state index contributed by atoms with van der Waals surface area (Å²) in [6, 6.07) is 0. The first kappa shape index (κ1) is 24.2. The Morgan fingerprint density at radius 1 is 1.00 bits per heavy atom. The molecule has 3 aliphatic rings. The van der Waals surface area contributed by atoms with Crippen LogP contribution in [0.15, 0.2) is 0 Å². The van der Waals surface area contributed by atoms with Crippen LogP contribution in [0.4, 0.5) is 22.7 Å². The minimum atomic E-state index is -0.970. The second-order valence-electron chi connectivity index (χ2n) is 10.2. The van der Waals surface area contributed by atoms with E-state index in [4.69, 9.17) is 9.97 Å². The van der Waals surface area contributed by atoms with E-state index in [0.29, 0.717) is 22.7 Å². The van der Waals surface area contributed by atoms with Gasteiger partial charge in [0.1, 0.15) is 16.5 Å². The molecule has 3 N–H and O–H groups in total. The van der Waals surface area contributed by atoms with Gasteiger partial charge in [-0.25, -0.2) is 9.78 Å². The molecule has 2 aromatic heterocycles. The molecule has 1 saturated heterocycles. The highest BCUT2D eigenvalue weighted by Gasteiger charge is 2.29. The maximum atomic E-state index is 11.5. The zero-order chi connectivity index (χ0) is 24.4. The Labute approximate surface area is 210 Å². The first-order valence-corrected chi connectivity index (χ1v) is 13.9. The molecular formula is C25H36N6O3S. The second kappa shape index (κ2) is 10.7. The van der Waals surface area contributed by atoms with Crippen molar-refractivity contribution in [1.82, 2.24) is 15.0 Å². The van der Waals surface area contributed by atoms with Gasteiger partial charge in [-0.2, -0.15) is 9.97 Å². The van der Waals surface area contributed by atoms with E-state index in [2.05, 4.69) is 20.1 Å². The fourth-order valence-electron chi connectivity index (χ4n) is 5.65. The summed E-state index contributed by atoms with van der Waals surface area (Å²) in [5, 5.41) is 23.2. The van der Waals surface area contributed by atoms with Gasteiger partial charge in [0.2, 0.25) is 5.95 Å². The van der Waals surface area contributed by atoms with Crippen molar-refractivity contribution in [3.63, 3.8) is 0 Å². The number of carboxylic acids is 1. The summed E-state index contributed by atoms with van der Waals surface area (Å²) in [5.41, 5.74) is 1.70. The largest absolute Gasteiger partial charge is 0.477 e. The third-order valence-corrected chi connectivity index (χ3v) is 8.61. The van der Waals surface area contributed by atoms with Gasteiger partial charge in [0, 0.05) is 31.7 Å². The number of anilines is 4. The molecule has 35 heavy (non-hydrogen) atoms. The fraction of sp³-hybridized carbons (Fsp3) is 0.680. The van der Waals surface area contributed by atoms with Gasteiger partial charge in [0.05, 0.1) is 11.8 Å². The minimum absolute atomic E-state index is 0.228. The summed E-state index contributed by atoms with van der Waals surface area (Å²) < 4.78 is 0. The number of hydrogen-bond acceptors (Lipinski definition) is 9. The summed E-state index contributed by atoms with van der Waals surface area (Å²) in [5.74, 6) is 2.16. The van der Waals surface area contributed by atoms with Crippen LogP contribution in [0.2, 0.25) is 0 Å². The van der Waals surface area contributed by atoms with Crippen LogP contribution in [-0.2, 0) is 6.42 Å². The number of thiazole rings is 1. The molecule has 0 bridgehead atoms. The van der Waals surface area contributed by atoms with Crippen LogP contribution in [0.5, 0.6) is 0 Å². The maximum Gasteiger partial charge on any atom is 0.347 e. The zero-order valence-corrected chi connectivity index (χ0v) is 21.3. The van der Waals surface area contributed by atoms with Crippen molar-refractivity contribution in [1.29, 1.82) is 0 Å². The zero-order valence-electron chi connectivity index (χ0n) is 20.5. The number of aromatic nitrogens is 3. The van der Waals surface area contributed by atoms with Crippen molar-refractivity contribution in [2.75, 3.05) is 41.3 Å². The van der Waals surface area contributed by atoms with Crippen molar-refractivity contribution < 1.29 is 15.0 Å². The number of aliphatic hydroxyl groups is 1. The molecule has 10 heteroatoms. The van der Waals surface area contributed by atoms with Crippen LogP contribution in [0.3, 0.4) is 0 Å². The summed E-state index contributed by atoms with van der Waals surface area (Å²) in [6.07, 6.45) is 11.0. The first-order valence-electron chi connectivity index (χ1n) is 13.0. The van der Waals surface area contributed by atoms with Gasteiger partial charge in [0.15, 0.2) is 5.13 Å². The number of piperidine rings is 1. The number of aliphatic hydroxyl groups excluding tert-OH is 1. The second-order valence-corrected chi connectivity index (χ2v) is 11.2. The monoisotopic (exact) mass is 500 g/mol. The molecule has 0 unspecified atom stereocenters. The Kier molecular flexibility index (Phi) is 7.38. The molecule has 190 valence electrons. The molecule has 4 heterocycles. The van der Waals surface area contributed by atoms with Crippen molar-refractivity contribution >= 4 is 40.0 Å². The van der Waals surface area contributed by atoms with Gasteiger partial charge in [-0.1, -0.05) is 30.6 Å². The lowest BCUT2D eigenvalue weighted by Crippen LogP contribution is -2.38. The molecule has 0 spiro atoms. The topological polar surface area (TPSA) is 115 Å². The molecule has 1 aliphatic carbocycles. The van der Waals surface area contributed by atoms with E-state index in [1.54, 1.807) is 6.92 Å². The number of aryl methyl sites for hydroxylation is 1. The standard InChI is InChI=1S/C25H36N6O3S/c1-16-20(23(33)34)35-25(26-16)29-24-27-21(30-13-10-18(32)11-14-30)19-9-5-6-12-31(22(19)28-24)15-17-7-3-2-4-8-17/h17-18,32H,2-15H2,1H3,(H,33,34)(H,26,27,28,29). The molecule has 5 rings (SSSR count). The van der Waals surface area contributed by atoms with Gasteiger partial charge in [-0.15, -0.1) is 0 Å². The lowest BCUT2D eigenvalue weighted by atomic mass is 9.89. The van der Waals surface area contributed by atoms with E-state index in [1.165, 1.54) is 37.7 Å². The summed E-state index contributed by atoms with van der Waals surface area (Å²) in [7, 11) is 0. The quantitative estimate of drug-likeness (QED) is 0.532. The molecule has 1 saturated carbocycles. The average molecular weight is 501 g/mol. The highest BCUT2D eigenvalue weighted by atomic mass is 32.1. The van der Waals surface area contributed by atoms with Crippen LogP contribution in [0.25, 0.3) is 0 Å². The number of nitrogens with zero attached hydrogens (tertiary/aromatic N) is 5. The molecule has 2 aromatic rings. The molecule has 0 amide bonds. The number of carbonyl (C=O) groups is 1. The van der Waals surface area contributed by atoms with Crippen molar-refractivity contribution in [3.05, 3.63) is 16.1 Å². The number of carboxylic acid groups (broad SMARTS) is 1. The molecule has 9 nitrogen and oxygen atoms in total. The molecule has 0 radical (unpaired) electrons. The first-order chi connectivity index (χ1) is 17.0.